The van der Waals surface area contributed by atoms with Crippen LogP contribution in [0, 0.1) is 0 Å². The maximum Gasteiger partial charge on any atom is 0.408 e. The maximum absolute atomic E-state index is 12.1. The van der Waals surface area contributed by atoms with E-state index >= 15 is 0 Å². The van der Waals surface area contributed by atoms with E-state index in [9.17, 15) is 18.3 Å². The second-order valence-electron chi connectivity index (χ2n) is 3.47. The highest BCUT2D eigenvalue weighted by atomic mass is 19.4. The molecule has 0 spiro atoms. The van der Waals surface area contributed by atoms with Crippen LogP contribution in [0.15, 0.2) is 30.9 Å². The van der Waals surface area contributed by atoms with E-state index in [0.29, 0.717) is 11.1 Å². The van der Waals surface area contributed by atoms with Crippen molar-refractivity contribution in [2.24, 2.45) is 0 Å². The van der Waals surface area contributed by atoms with Gasteiger partial charge in [0, 0.05) is 23.5 Å². The molecule has 90 valence electrons. The molecule has 0 aliphatic carbocycles. The van der Waals surface area contributed by atoms with Crippen LogP contribution in [0.4, 0.5) is 13.2 Å². The fourth-order valence-electron chi connectivity index (χ4n) is 1.37. The van der Waals surface area contributed by atoms with E-state index < -0.39 is 12.7 Å². The molecule has 0 bridgehead atoms. The fourth-order valence-corrected chi connectivity index (χ4v) is 1.37. The molecule has 0 radical (unpaired) electrons. The zero-order valence-electron chi connectivity index (χ0n) is 8.52. The first kappa shape index (κ1) is 11.4. The van der Waals surface area contributed by atoms with E-state index in [2.05, 4.69) is 10.1 Å². The molecule has 0 atom stereocenters. The number of rotatable bonds is 2. The monoisotopic (exact) mass is 243 g/mol. The topological polar surface area (TPSA) is 50.9 Å². The van der Waals surface area contributed by atoms with Gasteiger partial charge in [0.1, 0.15) is 12.3 Å². The van der Waals surface area contributed by atoms with Crippen molar-refractivity contribution in [3.8, 4) is 16.9 Å². The highest BCUT2D eigenvalue weighted by Gasteiger charge is 2.28. The fraction of sp³-hybridized carbons (Fsp3) is 0.200. The van der Waals surface area contributed by atoms with Gasteiger partial charge >= 0.3 is 6.18 Å². The molecule has 0 aliphatic rings. The summed E-state index contributed by atoms with van der Waals surface area (Å²) >= 11 is 0. The van der Waals surface area contributed by atoms with Crippen LogP contribution in [0.25, 0.3) is 11.1 Å². The predicted octanol–water partition coefficient (Wildman–Crippen LogP) is 2.21. The van der Waals surface area contributed by atoms with Gasteiger partial charge in [-0.05, 0) is 6.07 Å². The third-order valence-corrected chi connectivity index (χ3v) is 2.03. The summed E-state index contributed by atoms with van der Waals surface area (Å²) in [4.78, 5) is 3.74. The average molecular weight is 243 g/mol. The number of hydrogen-bond acceptors (Lipinski definition) is 3. The van der Waals surface area contributed by atoms with Crippen LogP contribution in [0.5, 0.6) is 5.75 Å². The normalized spacial score (nSPS) is 11.7. The van der Waals surface area contributed by atoms with Gasteiger partial charge in [-0.3, -0.25) is 9.67 Å². The summed E-state index contributed by atoms with van der Waals surface area (Å²) in [5.74, 6) is -0.0499. The molecule has 2 heterocycles. The van der Waals surface area contributed by atoms with Gasteiger partial charge in [-0.1, -0.05) is 0 Å². The Hall–Kier alpha value is -2.05. The molecule has 0 fully saturated rings. The smallest absolute Gasteiger partial charge is 0.408 e. The summed E-state index contributed by atoms with van der Waals surface area (Å²) in [6, 6.07) is 1.40. The molecule has 2 rings (SSSR count). The summed E-state index contributed by atoms with van der Waals surface area (Å²) in [7, 11) is 0. The minimum Gasteiger partial charge on any atom is -0.506 e. The zero-order chi connectivity index (χ0) is 12.5. The molecule has 4 nitrogen and oxygen atoms in total. The van der Waals surface area contributed by atoms with Gasteiger partial charge in [0.15, 0.2) is 0 Å². The summed E-state index contributed by atoms with van der Waals surface area (Å²) in [6.45, 7) is -1.14. The zero-order valence-corrected chi connectivity index (χ0v) is 8.52. The highest BCUT2D eigenvalue weighted by molar-refractivity contribution is 5.61. The Bertz CT molecular complexity index is 522. The molecule has 1 N–H and O–H groups in total. The van der Waals surface area contributed by atoms with Gasteiger partial charge in [0.2, 0.25) is 0 Å². The maximum atomic E-state index is 12.1. The van der Waals surface area contributed by atoms with Crippen molar-refractivity contribution in [2.45, 2.75) is 12.7 Å². The second-order valence-corrected chi connectivity index (χ2v) is 3.47. The van der Waals surface area contributed by atoms with Crippen LogP contribution >= 0.6 is 0 Å². The lowest BCUT2D eigenvalue weighted by atomic mass is 10.2. The Labute approximate surface area is 94.3 Å². The van der Waals surface area contributed by atoms with E-state index in [0.717, 1.165) is 4.68 Å². The van der Waals surface area contributed by atoms with Gasteiger partial charge in [-0.2, -0.15) is 18.3 Å². The van der Waals surface area contributed by atoms with E-state index in [1.165, 1.54) is 30.9 Å². The lowest BCUT2D eigenvalue weighted by molar-refractivity contribution is -0.142. The number of nitrogens with zero attached hydrogens (tertiary/aromatic N) is 3. The van der Waals surface area contributed by atoms with Crippen LogP contribution in [0.3, 0.4) is 0 Å². The number of aromatic hydroxyl groups is 1. The van der Waals surface area contributed by atoms with Crippen LogP contribution < -0.4 is 0 Å². The van der Waals surface area contributed by atoms with Crippen molar-refractivity contribution < 1.29 is 18.3 Å². The second kappa shape index (κ2) is 4.08. The predicted molar refractivity (Wildman–Crippen MR) is 53.2 cm³/mol. The summed E-state index contributed by atoms with van der Waals surface area (Å²) in [5.41, 5.74) is 0.982. The standard InChI is InChI=1S/C10H8F3N3O/c11-10(12,13)6-16-5-8(3-15-16)7-1-9(17)4-14-2-7/h1-5,17H,6H2. The van der Waals surface area contributed by atoms with Gasteiger partial charge in [0.05, 0.1) is 12.4 Å². The third-order valence-electron chi connectivity index (χ3n) is 2.03. The molecule has 0 saturated heterocycles. The number of alkyl halides is 3. The highest BCUT2D eigenvalue weighted by Crippen LogP contribution is 2.23. The largest absolute Gasteiger partial charge is 0.506 e. The first-order valence-electron chi connectivity index (χ1n) is 4.68. The minimum atomic E-state index is -4.31. The molecular weight excluding hydrogens is 235 g/mol. The average Bonchev–Trinajstić information content (AvgIpc) is 2.63. The quantitative estimate of drug-likeness (QED) is 0.879. The molecule has 0 aromatic carbocycles. The van der Waals surface area contributed by atoms with E-state index in [1.54, 1.807) is 0 Å². The van der Waals surface area contributed by atoms with E-state index in [4.69, 9.17) is 0 Å². The first-order valence-corrected chi connectivity index (χ1v) is 4.68. The van der Waals surface area contributed by atoms with Crippen LogP contribution in [0.2, 0.25) is 0 Å². The van der Waals surface area contributed by atoms with Crippen LogP contribution in [-0.2, 0) is 6.54 Å². The van der Waals surface area contributed by atoms with Crippen molar-refractivity contribution >= 4 is 0 Å². The van der Waals surface area contributed by atoms with E-state index in [1.807, 2.05) is 0 Å². The molecule has 7 heteroatoms. The Morgan fingerprint density at radius 2 is 1.94 bits per heavy atom. The van der Waals surface area contributed by atoms with Gasteiger partial charge < -0.3 is 5.11 Å². The van der Waals surface area contributed by atoms with Crippen LogP contribution in [-0.4, -0.2) is 26.0 Å². The van der Waals surface area contributed by atoms with Gasteiger partial charge in [-0.15, -0.1) is 0 Å². The first-order chi connectivity index (χ1) is 7.94. The van der Waals surface area contributed by atoms with Crippen molar-refractivity contribution in [1.29, 1.82) is 0 Å². The molecular formula is C10H8F3N3O. The summed E-state index contributed by atoms with van der Waals surface area (Å²) in [5, 5.41) is 12.8. The lowest BCUT2D eigenvalue weighted by Crippen LogP contribution is -2.17. The molecule has 0 unspecified atom stereocenters. The summed E-state index contributed by atoms with van der Waals surface area (Å²) in [6.07, 6.45) is 0.921. The van der Waals surface area contributed by atoms with Crippen molar-refractivity contribution in [3.63, 3.8) is 0 Å². The molecule has 17 heavy (non-hydrogen) atoms. The SMILES string of the molecule is Oc1cncc(-c2cnn(CC(F)(F)F)c2)c1. The van der Waals surface area contributed by atoms with E-state index in [-0.39, 0.29) is 5.75 Å². The van der Waals surface area contributed by atoms with Crippen molar-refractivity contribution in [2.75, 3.05) is 0 Å². The molecule has 0 amide bonds. The Morgan fingerprint density at radius 3 is 2.59 bits per heavy atom. The van der Waals surface area contributed by atoms with Crippen molar-refractivity contribution in [1.82, 2.24) is 14.8 Å². The summed E-state index contributed by atoms with van der Waals surface area (Å²) < 4.78 is 37.1. The number of halogens is 3. The van der Waals surface area contributed by atoms with Crippen LogP contribution in [0.1, 0.15) is 0 Å². The lowest BCUT2D eigenvalue weighted by Gasteiger charge is -2.05. The van der Waals surface area contributed by atoms with Gasteiger partial charge in [-0.25, -0.2) is 0 Å². The number of pyridine rings is 1. The Balaban J connectivity index is 2.24. The molecule has 0 aliphatic heterocycles. The van der Waals surface area contributed by atoms with Crippen molar-refractivity contribution in [3.05, 3.63) is 30.9 Å². The number of hydrogen-bond donors (Lipinski definition) is 1. The minimum absolute atomic E-state index is 0.0499. The Morgan fingerprint density at radius 1 is 1.18 bits per heavy atom. The third kappa shape index (κ3) is 2.96. The molecule has 2 aromatic heterocycles. The van der Waals surface area contributed by atoms with Gasteiger partial charge in [0.25, 0.3) is 0 Å². The number of aromatic nitrogens is 3. The molecule has 2 aromatic rings. The molecule has 0 saturated carbocycles. The Kier molecular flexibility index (Phi) is 2.74.